The van der Waals surface area contributed by atoms with Crippen LogP contribution in [-0.4, -0.2) is 65.2 Å². The van der Waals surface area contributed by atoms with Crippen LogP contribution >= 0.6 is 15.9 Å². The van der Waals surface area contributed by atoms with Gasteiger partial charge in [-0.2, -0.15) is 0 Å². The zero-order valence-corrected chi connectivity index (χ0v) is 21.6. The van der Waals surface area contributed by atoms with Crippen LogP contribution in [0.25, 0.3) is 0 Å². The SMILES string of the molecule is CNC(=O)[C@H](C)N(Cc1ccc(Br)cc1)C(=O)CN(c1ccc(OC)cc1OC)S(C)(=O)=O. The van der Waals surface area contributed by atoms with Gasteiger partial charge < -0.3 is 19.7 Å². The molecule has 0 bridgehead atoms. The van der Waals surface area contributed by atoms with Gasteiger partial charge in [-0.05, 0) is 36.8 Å². The molecule has 2 amide bonds. The molecule has 9 nitrogen and oxygen atoms in total. The summed E-state index contributed by atoms with van der Waals surface area (Å²) < 4.78 is 37.6. The van der Waals surface area contributed by atoms with E-state index in [-0.39, 0.29) is 23.9 Å². The maximum absolute atomic E-state index is 13.4. The average molecular weight is 542 g/mol. The molecule has 2 aromatic carbocycles. The molecule has 33 heavy (non-hydrogen) atoms. The number of carbonyl (C=O) groups excluding carboxylic acids is 2. The first kappa shape index (κ1) is 26.5. The van der Waals surface area contributed by atoms with Gasteiger partial charge in [0.1, 0.15) is 24.1 Å². The Morgan fingerprint density at radius 1 is 1.09 bits per heavy atom. The molecule has 0 spiro atoms. The van der Waals surface area contributed by atoms with E-state index in [0.717, 1.165) is 20.6 Å². The summed E-state index contributed by atoms with van der Waals surface area (Å²) in [6, 6.07) is 11.1. The van der Waals surface area contributed by atoms with Crippen LogP contribution in [-0.2, 0) is 26.2 Å². The number of nitrogens with one attached hydrogen (secondary N) is 1. The highest BCUT2D eigenvalue weighted by Crippen LogP contribution is 2.33. The van der Waals surface area contributed by atoms with Crippen molar-refractivity contribution in [1.82, 2.24) is 10.2 Å². The van der Waals surface area contributed by atoms with Crippen molar-refractivity contribution >= 4 is 43.5 Å². The molecular formula is C22H28BrN3O6S. The van der Waals surface area contributed by atoms with Crippen molar-refractivity contribution in [3.05, 3.63) is 52.5 Å². The number of hydrogen-bond acceptors (Lipinski definition) is 6. The van der Waals surface area contributed by atoms with Crippen LogP contribution in [0.4, 0.5) is 5.69 Å². The first-order valence-electron chi connectivity index (χ1n) is 9.97. The molecule has 0 saturated carbocycles. The molecule has 0 heterocycles. The molecule has 2 rings (SSSR count). The van der Waals surface area contributed by atoms with Gasteiger partial charge in [0.05, 0.1) is 26.2 Å². The van der Waals surface area contributed by atoms with E-state index in [2.05, 4.69) is 21.2 Å². The Bertz CT molecular complexity index is 1090. The van der Waals surface area contributed by atoms with Crippen LogP contribution in [0.1, 0.15) is 12.5 Å². The van der Waals surface area contributed by atoms with Crippen molar-refractivity contribution in [3.8, 4) is 11.5 Å². The number of anilines is 1. The summed E-state index contributed by atoms with van der Waals surface area (Å²) in [5, 5.41) is 2.54. The van der Waals surface area contributed by atoms with Crippen molar-refractivity contribution in [1.29, 1.82) is 0 Å². The van der Waals surface area contributed by atoms with E-state index in [1.54, 1.807) is 13.0 Å². The Labute approximate surface area is 202 Å². The Kier molecular flexibility index (Phi) is 9.12. The fourth-order valence-corrected chi connectivity index (χ4v) is 4.28. The lowest BCUT2D eigenvalue weighted by atomic mass is 10.1. The lowest BCUT2D eigenvalue weighted by Gasteiger charge is -2.31. The van der Waals surface area contributed by atoms with E-state index >= 15 is 0 Å². The van der Waals surface area contributed by atoms with Crippen molar-refractivity contribution < 1.29 is 27.5 Å². The number of rotatable bonds is 10. The second-order valence-electron chi connectivity index (χ2n) is 7.25. The summed E-state index contributed by atoms with van der Waals surface area (Å²) in [5.41, 5.74) is 0.973. The molecule has 0 aliphatic rings. The van der Waals surface area contributed by atoms with Gasteiger partial charge in [0.15, 0.2) is 0 Å². The maximum atomic E-state index is 13.4. The van der Waals surface area contributed by atoms with Gasteiger partial charge in [0.25, 0.3) is 0 Å². The fourth-order valence-electron chi connectivity index (χ4n) is 3.16. The molecule has 0 radical (unpaired) electrons. The number of benzene rings is 2. The molecule has 1 atom stereocenters. The highest BCUT2D eigenvalue weighted by Gasteiger charge is 2.31. The van der Waals surface area contributed by atoms with Crippen LogP contribution < -0.4 is 19.1 Å². The minimum Gasteiger partial charge on any atom is -0.497 e. The summed E-state index contributed by atoms with van der Waals surface area (Å²) in [6.45, 7) is 1.20. The van der Waals surface area contributed by atoms with Crippen LogP contribution in [0.15, 0.2) is 46.9 Å². The number of likely N-dealkylation sites (N-methyl/N-ethyl adjacent to an activating group) is 1. The van der Waals surface area contributed by atoms with Gasteiger partial charge in [0.2, 0.25) is 21.8 Å². The lowest BCUT2D eigenvalue weighted by Crippen LogP contribution is -2.50. The Balaban J connectivity index is 2.44. The highest BCUT2D eigenvalue weighted by molar-refractivity contribution is 9.10. The molecule has 0 aliphatic heterocycles. The lowest BCUT2D eigenvalue weighted by molar-refractivity contribution is -0.139. The summed E-state index contributed by atoms with van der Waals surface area (Å²) >= 11 is 3.37. The third-order valence-corrected chi connectivity index (χ3v) is 6.67. The van der Waals surface area contributed by atoms with Crippen molar-refractivity contribution in [3.63, 3.8) is 0 Å². The van der Waals surface area contributed by atoms with E-state index in [4.69, 9.17) is 9.47 Å². The summed E-state index contributed by atoms with van der Waals surface area (Å²) in [7, 11) is 0.483. The molecule has 11 heteroatoms. The van der Waals surface area contributed by atoms with E-state index in [0.29, 0.717) is 5.75 Å². The number of halogens is 1. The normalized spacial score (nSPS) is 11.9. The smallest absolute Gasteiger partial charge is 0.244 e. The second kappa shape index (κ2) is 11.4. The summed E-state index contributed by atoms with van der Waals surface area (Å²) in [6.07, 6.45) is 1.01. The first-order chi connectivity index (χ1) is 15.5. The maximum Gasteiger partial charge on any atom is 0.244 e. The molecule has 0 aliphatic carbocycles. The number of hydrogen-bond donors (Lipinski definition) is 1. The number of ether oxygens (including phenoxy) is 2. The predicted molar refractivity (Wildman–Crippen MR) is 130 cm³/mol. The molecule has 180 valence electrons. The minimum atomic E-state index is -3.87. The van der Waals surface area contributed by atoms with Crippen LogP contribution in [0, 0.1) is 0 Å². The Morgan fingerprint density at radius 2 is 1.73 bits per heavy atom. The van der Waals surface area contributed by atoms with Crippen LogP contribution in [0.5, 0.6) is 11.5 Å². The molecule has 2 aromatic rings. The van der Waals surface area contributed by atoms with Gasteiger partial charge in [-0.1, -0.05) is 28.1 Å². The van der Waals surface area contributed by atoms with Crippen molar-refractivity contribution in [2.75, 3.05) is 38.4 Å². The van der Waals surface area contributed by atoms with Gasteiger partial charge >= 0.3 is 0 Å². The van der Waals surface area contributed by atoms with E-state index in [9.17, 15) is 18.0 Å². The van der Waals surface area contributed by atoms with Gasteiger partial charge in [-0.3, -0.25) is 13.9 Å². The number of sulfonamides is 1. The number of amides is 2. The molecular weight excluding hydrogens is 514 g/mol. The average Bonchev–Trinajstić information content (AvgIpc) is 2.79. The standard InChI is InChI=1S/C22H28BrN3O6S/c1-15(22(28)24-2)25(13-16-6-8-17(23)9-7-16)21(27)14-26(33(5,29)30)19-11-10-18(31-3)12-20(19)32-4/h6-12,15H,13-14H2,1-5H3,(H,24,28)/t15-/m0/s1. The number of nitrogens with zero attached hydrogens (tertiary/aromatic N) is 2. The topological polar surface area (TPSA) is 105 Å². The molecule has 1 N–H and O–H groups in total. The summed E-state index contributed by atoms with van der Waals surface area (Å²) in [5.74, 6) is -0.211. The summed E-state index contributed by atoms with van der Waals surface area (Å²) in [4.78, 5) is 27.1. The molecule has 0 unspecified atom stereocenters. The van der Waals surface area contributed by atoms with Crippen LogP contribution in [0.2, 0.25) is 0 Å². The van der Waals surface area contributed by atoms with Crippen molar-refractivity contribution in [2.24, 2.45) is 0 Å². The van der Waals surface area contributed by atoms with E-state index in [1.165, 1.54) is 38.3 Å². The molecule has 0 saturated heterocycles. The van der Waals surface area contributed by atoms with Crippen molar-refractivity contribution in [2.45, 2.75) is 19.5 Å². The van der Waals surface area contributed by atoms with E-state index in [1.807, 2.05) is 24.3 Å². The highest BCUT2D eigenvalue weighted by atomic mass is 79.9. The molecule has 0 aromatic heterocycles. The third kappa shape index (κ3) is 6.84. The first-order valence-corrected chi connectivity index (χ1v) is 12.6. The predicted octanol–water partition coefficient (Wildman–Crippen LogP) is 2.40. The third-order valence-electron chi connectivity index (χ3n) is 5.01. The van der Waals surface area contributed by atoms with Crippen LogP contribution in [0.3, 0.4) is 0 Å². The van der Waals surface area contributed by atoms with Gasteiger partial charge in [-0.25, -0.2) is 8.42 Å². The fraction of sp³-hybridized carbons (Fsp3) is 0.364. The second-order valence-corrected chi connectivity index (χ2v) is 10.1. The zero-order valence-electron chi connectivity index (χ0n) is 19.2. The van der Waals surface area contributed by atoms with E-state index < -0.39 is 28.5 Å². The van der Waals surface area contributed by atoms with Gasteiger partial charge in [0, 0.05) is 24.1 Å². The largest absolute Gasteiger partial charge is 0.497 e. The zero-order chi connectivity index (χ0) is 24.8. The van der Waals surface area contributed by atoms with Gasteiger partial charge in [-0.15, -0.1) is 0 Å². The minimum absolute atomic E-state index is 0.123. The number of methoxy groups -OCH3 is 2. The quantitative estimate of drug-likeness (QED) is 0.495. The monoisotopic (exact) mass is 541 g/mol. The Morgan fingerprint density at radius 3 is 2.24 bits per heavy atom. The Hall–Kier alpha value is -2.79. The number of carbonyl (C=O) groups is 2. The molecule has 0 fully saturated rings.